The molecule has 0 heterocycles. The Morgan fingerprint density at radius 2 is 2.00 bits per heavy atom. The Bertz CT molecular complexity index is 435. The number of benzene rings is 1. The summed E-state index contributed by atoms with van der Waals surface area (Å²) in [5.74, 6) is -0.277. The smallest absolute Gasteiger partial charge is 0.126 e. The van der Waals surface area contributed by atoms with E-state index in [1.165, 1.54) is 6.07 Å². The van der Waals surface area contributed by atoms with Crippen LogP contribution in [0.3, 0.4) is 0 Å². The summed E-state index contributed by atoms with van der Waals surface area (Å²) in [4.78, 5) is 2.18. The molecule has 20 heavy (non-hydrogen) atoms. The molecule has 3 nitrogen and oxygen atoms in total. The van der Waals surface area contributed by atoms with E-state index in [0.717, 1.165) is 18.7 Å². The van der Waals surface area contributed by atoms with Crippen molar-refractivity contribution in [2.24, 2.45) is 0 Å². The van der Waals surface area contributed by atoms with Crippen molar-refractivity contribution >= 4 is 5.69 Å². The van der Waals surface area contributed by atoms with Crippen molar-refractivity contribution in [3.63, 3.8) is 0 Å². The Balaban J connectivity index is 3.26. The fourth-order valence-electron chi connectivity index (χ4n) is 2.25. The molecule has 0 radical (unpaired) electrons. The van der Waals surface area contributed by atoms with Crippen molar-refractivity contribution in [1.82, 2.24) is 0 Å². The predicted molar refractivity (Wildman–Crippen MR) is 80.7 cm³/mol. The molecule has 0 saturated carbocycles. The highest BCUT2D eigenvalue weighted by molar-refractivity contribution is 5.57. The van der Waals surface area contributed by atoms with E-state index >= 15 is 0 Å². The van der Waals surface area contributed by atoms with Gasteiger partial charge in [-0.25, -0.2) is 4.39 Å². The minimum Gasteiger partial charge on any atom is -0.389 e. The zero-order chi connectivity index (χ0) is 15.3. The molecule has 4 heteroatoms. The number of ether oxygens (including phenoxy) is 1. The van der Waals surface area contributed by atoms with Crippen LogP contribution in [0.25, 0.3) is 0 Å². The van der Waals surface area contributed by atoms with Gasteiger partial charge in [-0.3, -0.25) is 0 Å². The molecule has 2 atom stereocenters. The molecule has 0 bridgehead atoms. The number of aryl methyl sites for hydroxylation is 1. The second-order valence-electron chi connectivity index (χ2n) is 5.28. The quantitative estimate of drug-likeness (QED) is 0.832. The summed E-state index contributed by atoms with van der Waals surface area (Å²) >= 11 is 0. The largest absolute Gasteiger partial charge is 0.389 e. The predicted octanol–water partition coefficient (Wildman–Crippen LogP) is 3.44. The second-order valence-corrected chi connectivity index (χ2v) is 5.28. The van der Waals surface area contributed by atoms with Gasteiger partial charge in [-0.05, 0) is 44.9 Å². The van der Waals surface area contributed by atoms with Crippen LogP contribution in [-0.4, -0.2) is 31.4 Å². The van der Waals surface area contributed by atoms with Gasteiger partial charge in [0.05, 0.1) is 12.7 Å². The molecule has 0 amide bonds. The Morgan fingerprint density at radius 3 is 2.50 bits per heavy atom. The lowest BCUT2D eigenvalue weighted by Crippen LogP contribution is -2.36. The molecular formula is C16H26FNO2. The van der Waals surface area contributed by atoms with E-state index in [1.54, 1.807) is 21.0 Å². The third kappa shape index (κ3) is 3.93. The molecule has 0 saturated heterocycles. The van der Waals surface area contributed by atoms with Gasteiger partial charge < -0.3 is 14.7 Å². The zero-order valence-corrected chi connectivity index (χ0v) is 13.1. The number of hydrogen-bond donors (Lipinski definition) is 1. The lowest BCUT2D eigenvalue weighted by atomic mass is 10.0. The molecule has 0 aromatic heterocycles. The second kappa shape index (κ2) is 7.60. The van der Waals surface area contributed by atoms with Crippen LogP contribution in [0.1, 0.15) is 44.4 Å². The topological polar surface area (TPSA) is 32.7 Å². The first kappa shape index (κ1) is 16.9. The highest BCUT2D eigenvalue weighted by Gasteiger charge is 2.20. The Morgan fingerprint density at radius 1 is 1.35 bits per heavy atom. The summed E-state index contributed by atoms with van der Waals surface area (Å²) in [6.07, 6.45) is 0.272. The van der Waals surface area contributed by atoms with Gasteiger partial charge in [0.15, 0.2) is 0 Å². The highest BCUT2D eigenvalue weighted by atomic mass is 19.1. The number of nitrogens with zero attached hydrogens (tertiary/aromatic N) is 1. The van der Waals surface area contributed by atoms with Gasteiger partial charge in [0.25, 0.3) is 0 Å². The number of aliphatic hydroxyl groups excluding tert-OH is 1. The molecule has 0 aliphatic heterocycles. The van der Waals surface area contributed by atoms with E-state index in [9.17, 15) is 9.50 Å². The standard InChI is InChI=1S/C16H26FNO2/c1-6-12(3)18(7-8-20-5)16-9-11(2)15(17)10-14(16)13(4)19/h9-10,12-13,19H,6-8H2,1-5H3/t12?,13-/m0/s1. The molecule has 0 aliphatic carbocycles. The average molecular weight is 283 g/mol. The minimum atomic E-state index is -0.700. The van der Waals surface area contributed by atoms with E-state index in [1.807, 2.05) is 6.07 Å². The SMILES string of the molecule is CCC(C)N(CCOC)c1cc(C)c(F)cc1[C@H](C)O. The zero-order valence-electron chi connectivity index (χ0n) is 13.1. The van der Waals surface area contributed by atoms with Gasteiger partial charge in [-0.1, -0.05) is 6.92 Å². The van der Waals surface area contributed by atoms with Crippen LogP contribution in [0.5, 0.6) is 0 Å². The summed E-state index contributed by atoms with van der Waals surface area (Å²) in [5, 5.41) is 9.92. The summed E-state index contributed by atoms with van der Waals surface area (Å²) < 4.78 is 18.9. The maximum Gasteiger partial charge on any atom is 0.126 e. The van der Waals surface area contributed by atoms with Crippen molar-refractivity contribution in [1.29, 1.82) is 0 Å². The first-order valence-electron chi connectivity index (χ1n) is 7.16. The molecule has 1 aromatic carbocycles. The third-order valence-electron chi connectivity index (χ3n) is 3.73. The number of methoxy groups -OCH3 is 1. The van der Waals surface area contributed by atoms with Crippen LogP contribution >= 0.6 is 0 Å². The molecule has 114 valence electrons. The van der Waals surface area contributed by atoms with E-state index in [2.05, 4.69) is 18.7 Å². The molecule has 0 fully saturated rings. The van der Waals surface area contributed by atoms with Crippen molar-refractivity contribution in [3.8, 4) is 0 Å². The third-order valence-corrected chi connectivity index (χ3v) is 3.73. The first-order chi connectivity index (χ1) is 9.42. The fourth-order valence-corrected chi connectivity index (χ4v) is 2.25. The van der Waals surface area contributed by atoms with E-state index in [-0.39, 0.29) is 5.82 Å². The van der Waals surface area contributed by atoms with Gasteiger partial charge in [0, 0.05) is 30.9 Å². The maximum atomic E-state index is 13.8. The van der Waals surface area contributed by atoms with Crippen molar-refractivity contribution in [2.45, 2.75) is 46.3 Å². The first-order valence-corrected chi connectivity index (χ1v) is 7.16. The molecule has 1 rings (SSSR count). The van der Waals surface area contributed by atoms with Crippen LogP contribution in [0, 0.1) is 12.7 Å². The molecule has 1 N–H and O–H groups in total. The molecule has 0 aliphatic rings. The van der Waals surface area contributed by atoms with Crippen molar-refractivity contribution in [3.05, 3.63) is 29.1 Å². The van der Waals surface area contributed by atoms with Gasteiger partial charge >= 0.3 is 0 Å². The average Bonchev–Trinajstić information content (AvgIpc) is 2.41. The van der Waals surface area contributed by atoms with E-state index in [4.69, 9.17) is 4.74 Å². The number of anilines is 1. The van der Waals surface area contributed by atoms with Crippen LogP contribution in [0.15, 0.2) is 12.1 Å². The summed E-state index contributed by atoms with van der Waals surface area (Å²) in [7, 11) is 1.67. The van der Waals surface area contributed by atoms with Gasteiger partial charge in [-0.2, -0.15) is 0 Å². The minimum absolute atomic E-state index is 0.277. The summed E-state index contributed by atoms with van der Waals surface area (Å²) in [6.45, 7) is 8.97. The fraction of sp³-hybridized carbons (Fsp3) is 0.625. The number of aliphatic hydroxyl groups is 1. The summed E-state index contributed by atoms with van der Waals surface area (Å²) in [5.41, 5.74) is 2.12. The normalized spacial score (nSPS) is 14.2. The number of rotatable bonds is 7. The van der Waals surface area contributed by atoms with Crippen LogP contribution in [0.2, 0.25) is 0 Å². The molecule has 1 aromatic rings. The Hall–Kier alpha value is -1.13. The number of halogens is 1. The van der Waals surface area contributed by atoms with Gasteiger partial charge in [0.1, 0.15) is 5.82 Å². The van der Waals surface area contributed by atoms with Gasteiger partial charge in [0.2, 0.25) is 0 Å². The Labute approximate surface area is 121 Å². The monoisotopic (exact) mass is 283 g/mol. The summed E-state index contributed by atoms with van der Waals surface area (Å²) in [6, 6.07) is 3.56. The van der Waals surface area contributed by atoms with Crippen LogP contribution < -0.4 is 4.90 Å². The van der Waals surface area contributed by atoms with Crippen molar-refractivity contribution < 1.29 is 14.2 Å². The molecule has 0 spiro atoms. The Kier molecular flexibility index (Phi) is 6.43. The highest BCUT2D eigenvalue weighted by Crippen LogP contribution is 2.31. The lowest BCUT2D eigenvalue weighted by Gasteiger charge is -2.33. The van der Waals surface area contributed by atoms with Crippen LogP contribution in [-0.2, 0) is 4.74 Å². The van der Waals surface area contributed by atoms with E-state index < -0.39 is 6.10 Å². The van der Waals surface area contributed by atoms with Crippen molar-refractivity contribution in [2.75, 3.05) is 25.2 Å². The lowest BCUT2D eigenvalue weighted by molar-refractivity contribution is 0.196. The number of hydrogen-bond acceptors (Lipinski definition) is 3. The van der Waals surface area contributed by atoms with E-state index in [0.29, 0.717) is 23.8 Å². The van der Waals surface area contributed by atoms with Gasteiger partial charge in [-0.15, -0.1) is 0 Å². The maximum absolute atomic E-state index is 13.8. The molecular weight excluding hydrogens is 257 g/mol. The molecule has 1 unspecified atom stereocenters. The van der Waals surface area contributed by atoms with Crippen LogP contribution in [0.4, 0.5) is 10.1 Å².